The maximum absolute atomic E-state index is 12.7. The molecule has 31 heavy (non-hydrogen) atoms. The smallest absolute Gasteiger partial charge is 0.234 e. The van der Waals surface area contributed by atoms with Gasteiger partial charge in [-0.1, -0.05) is 41.6 Å². The van der Waals surface area contributed by atoms with Crippen LogP contribution in [0.2, 0.25) is 0 Å². The van der Waals surface area contributed by atoms with Crippen LogP contribution in [0, 0.1) is 13.8 Å². The molecule has 6 nitrogen and oxygen atoms in total. The van der Waals surface area contributed by atoms with Crippen LogP contribution in [0.25, 0.3) is 5.69 Å². The van der Waals surface area contributed by atoms with Crippen molar-refractivity contribution in [3.63, 3.8) is 0 Å². The summed E-state index contributed by atoms with van der Waals surface area (Å²) in [6, 6.07) is 14.3. The molecule has 3 aromatic rings. The molecule has 0 atom stereocenters. The van der Waals surface area contributed by atoms with Crippen LogP contribution in [0.1, 0.15) is 16.7 Å². The van der Waals surface area contributed by atoms with Gasteiger partial charge in [-0.2, -0.15) is 11.8 Å². The van der Waals surface area contributed by atoms with Crippen LogP contribution in [-0.2, 0) is 11.3 Å². The van der Waals surface area contributed by atoms with E-state index >= 15 is 0 Å². The number of hydrogen-bond acceptors (Lipinski definition) is 6. The second-order valence-electron chi connectivity index (χ2n) is 7.63. The van der Waals surface area contributed by atoms with Crippen LogP contribution in [0.3, 0.4) is 0 Å². The first kappa shape index (κ1) is 21.9. The monoisotopic (exact) mass is 453 g/mol. The number of aryl methyl sites for hydroxylation is 1. The molecule has 2 aromatic carbocycles. The molecule has 162 valence electrons. The van der Waals surface area contributed by atoms with Crippen molar-refractivity contribution in [1.82, 2.24) is 19.7 Å². The lowest BCUT2D eigenvalue weighted by molar-refractivity contribution is -0.113. The highest BCUT2D eigenvalue weighted by atomic mass is 32.2. The van der Waals surface area contributed by atoms with Gasteiger partial charge in [0, 0.05) is 42.5 Å². The van der Waals surface area contributed by atoms with Gasteiger partial charge in [0.1, 0.15) is 6.33 Å². The largest absolute Gasteiger partial charge is 0.325 e. The molecule has 0 aliphatic carbocycles. The first-order valence-corrected chi connectivity index (χ1v) is 12.5. The highest BCUT2D eigenvalue weighted by Crippen LogP contribution is 2.23. The van der Waals surface area contributed by atoms with Crippen LogP contribution in [0.5, 0.6) is 0 Å². The number of anilines is 1. The van der Waals surface area contributed by atoms with Crippen LogP contribution in [0.15, 0.2) is 53.9 Å². The number of nitrogens with one attached hydrogen (secondary N) is 1. The van der Waals surface area contributed by atoms with E-state index < -0.39 is 0 Å². The number of amides is 1. The summed E-state index contributed by atoms with van der Waals surface area (Å²) in [5.41, 5.74) is 5.48. The van der Waals surface area contributed by atoms with E-state index in [0.717, 1.165) is 36.6 Å². The van der Waals surface area contributed by atoms with Crippen LogP contribution in [0.4, 0.5) is 5.69 Å². The Morgan fingerprint density at radius 3 is 2.68 bits per heavy atom. The zero-order valence-corrected chi connectivity index (χ0v) is 19.5. The van der Waals surface area contributed by atoms with Gasteiger partial charge >= 0.3 is 0 Å². The van der Waals surface area contributed by atoms with E-state index in [-0.39, 0.29) is 11.7 Å². The molecule has 1 aliphatic rings. The molecule has 1 aromatic heterocycles. The SMILES string of the molecule is Cc1ccc(-n2cnnc2SCC(=O)Nc2cccc(CN3CCSCC3)c2C)cc1. The Balaban J connectivity index is 1.37. The van der Waals surface area contributed by atoms with E-state index in [2.05, 4.69) is 52.5 Å². The van der Waals surface area contributed by atoms with Crippen molar-refractivity contribution < 1.29 is 4.79 Å². The third-order valence-corrected chi connectivity index (χ3v) is 7.26. The highest BCUT2D eigenvalue weighted by Gasteiger charge is 2.15. The minimum atomic E-state index is -0.0434. The van der Waals surface area contributed by atoms with Crippen molar-refractivity contribution in [3.8, 4) is 5.69 Å². The number of aromatic nitrogens is 3. The fraction of sp³-hybridized carbons (Fsp3) is 0.348. The third-order valence-electron chi connectivity index (χ3n) is 5.38. The number of thioether (sulfide) groups is 2. The lowest BCUT2D eigenvalue weighted by Gasteiger charge is -2.27. The normalized spacial score (nSPS) is 14.5. The number of nitrogens with zero attached hydrogens (tertiary/aromatic N) is 4. The van der Waals surface area contributed by atoms with Gasteiger partial charge in [-0.25, -0.2) is 0 Å². The molecular formula is C23H27N5OS2. The molecule has 0 bridgehead atoms. The first-order valence-electron chi connectivity index (χ1n) is 10.4. The summed E-state index contributed by atoms with van der Waals surface area (Å²) in [7, 11) is 0. The van der Waals surface area contributed by atoms with Gasteiger partial charge in [0.15, 0.2) is 5.16 Å². The van der Waals surface area contributed by atoms with Gasteiger partial charge in [0.2, 0.25) is 5.91 Å². The summed E-state index contributed by atoms with van der Waals surface area (Å²) in [5, 5.41) is 12.0. The summed E-state index contributed by atoms with van der Waals surface area (Å²) >= 11 is 3.40. The summed E-state index contributed by atoms with van der Waals surface area (Å²) in [4.78, 5) is 15.1. The topological polar surface area (TPSA) is 63.1 Å². The second-order valence-corrected chi connectivity index (χ2v) is 9.80. The maximum Gasteiger partial charge on any atom is 0.234 e. The van der Waals surface area contributed by atoms with Crippen molar-refractivity contribution in [2.75, 3.05) is 35.7 Å². The molecule has 0 saturated carbocycles. The predicted octanol–water partition coefficient (Wildman–Crippen LogP) is 4.16. The Morgan fingerprint density at radius 2 is 1.90 bits per heavy atom. The average molecular weight is 454 g/mol. The van der Waals surface area contributed by atoms with Crippen LogP contribution in [-0.4, -0.2) is 55.9 Å². The van der Waals surface area contributed by atoms with Crippen LogP contribution >= 0.6 is 23.5 Å². The number of benzene rings is 2. The number of carbonyl (C=O) groups is 1. The maximum atomic E-state index is 12.7. The molecule has 1 N–H and O–H groups in total. The number of rotatable bonds is 7. The van der Waals surface area contributed by atoms with Gasteiger partial charge in [-0.15, -0.1) is 10.2 Å². The molecule has 2 heterocycles. The van der Waals surface area contributed by atoms with Crippen molar-refractivity contribution in [2.24, 2.45) is 0 Å². The lowest BCUT2D eigenvalue weighted by atomic mass is 10.1. The van der Waals surface area contributed by atoms with Gasteiger partial charge < -0.3 is 5.32 Å². The van der Waals surface area contributed by atoms with E-state index in [1.54, 1.807) is 6.33 Å². The van der Waals surface area contributed by atoms with Crippen molar-refractivity contribution in [2.45, 2.75) is 25.5 Å². The summed E-state index contributed by atoms with van der Waals surface area (Å²) < 4.78 is 1.90. The Hall–Kier alpha value is -2.29. The van der Waals surface area contributed by atoms with Crippen molar-refractivity contribution in [1.29, 1.82) is 0 Å². The van der Waals surface area contributed by atoms with E-state index in [4.69, 9.17) is 0 Å². The molecular weight excluding hydrogens is 426 g/mol. The average Bonchev–Trinajstić information content (AvgIpc) is 3.25. The minimum absolute atomic E-state index is 0.0434. The van der Waals surface area contributed by atoms with Gasteiger partial charge in [-0.3, -0.25) is 14.3 Å². The standard InChI is InChI=1S/C23H27N5OS2/c1-17-6-8-20(9-7-17)28-16-24-26-23(28)31-15-22(29)25-21-5-3-4-19(18(21)2)14-27-10-12-30-13-11-27/h3-9,16H,10-15H2,1-2H3,(H,25,29). The zero-order valence-electron chi connectivity index (χ0n) is 17.9. The highest BCUT2D eigenvalue weighted by molar-refractivity contribution is 7.99. The molecule has 1 fully saturated rings. The Bertz CT molecular complexity index is 1030. The zero-order chi connectivity index (χ0) is 21.6. The molecule has 8 heteroatoms. The van der Waals surface area contributed by atoms with Crippen LogP contribution < -0.4 is 5.32 Å². The fourth-order valence-electron chi connectivity index (χ4n) is 3.51. The van der Waals surface area contributed by atoms with Gasteiger partial charge in [0.25, 0.3) is 0 Å². The van der Waals surface area contributed by atoms with Gasteiger partial charge in [-0.05, 0) is 43.2 Å². The Kier molecular flexibility index (Phi) is 7.32. The molecule has 4 rings (SSSR count). The van der Waals surface area contributed by atoms with Crippen molar-refractivity contribution in [3.05, 3.63) is 65.5 Å². The molecule has 0 spiro atoms. The second kappa shape index (κ2) is 10.3. The molecule has 1 aliphatic heterocycles. The summed E-state index contributed by atoms with van der Waals surface area (Å²) in [6.45, 7) is 7.33. The summed E-state index contributed by atoms with van der Waals surface area (Å²) in [6.07, 6.45) is 1.68. The molecule has 0 unspecified atom stereocenters. The first-order chi connectivity index (χ1) is 15.1. The molecule has 1 amide bonds. The lowest BCUT2D eigenvalue weighted by Crippen LogP contribution is -2.32. The van der Waals surface area contributed by atoms with E-state index in [0.29, 0.717) is 5.16 Å². The Labute approximate surface area is 191 Å². The fourth-order valence-corrected chi connectivity index (χ4v) is 5.22. The van der Waals surface area contributed by atoms with Crippen molar-refractivity contribution >= 4 is 35.1 Å². The number of carbonyl (C=O) groups excluding carboxylic acids is 1. The third kappa shape index (κ3) is 5.70. The van der Waals surface area contributed by atoms with E-state index in [1.807, 2.05) is 40.6 Å². The van der Waals surface area contributed by atoms with E-state index in [9.17, 15) is 4.79 Å². The molecule has 0 radical (unpaired) electrons. The van der Waals surface area contributed by atoms with E-state index in [1.165, 1.54) is 34.4 Å². The predicted molar refractivity (Wildman–Crippen MR) is 129 cm³/mol. The minimum Gasteiger partial charge on any atom is -0.325 e. The van der Waals surface area contributed by atoms with Gasteiger partial charge in [0.05, 0.1) is 5.75 Å². The quantitative estimate of drug-likeness (QED) is 0.542. The number of hydrogen-bond donors (Lipinski definition) is 1. The Morgan fingerprint density at radius 1 is 1.13 bits per heavy atom. The molecule has 1 saturated heterocycles. The summed E-state index contributed by atoms with van der Waals surface area (Å²) in [5.74, 6) is 2.62.